The van der Waals surface area contributed by atoms with Crippen LogP contribution in [0.1, 0.15) is 82.6 Å². The first-order valence-electron chi connectivity index (χ1n) is 18.5. The monoisotopic (exact) mass is 865 g/mol. The fraction of sp³-hybridized carbons (Fsp3) is 0.304. The van der Waals surface area contributed by atoms with Gasteiger partial charge in [0.2, 0.25) is 0 Å². The summed E-state index contributed by atoms with van der Waals surface area (Å²) in [6, 6.07) is 39.7. The first-order chi connectivity index (χ1) is 24.7. The SMILES string of the molecule is CCCc1c(-c2ccccc2)c2nn1-c1[c-]c(ccc1)Oc1[c-]c3c(cc1)c1cc(CCC(C)C)ccc1n3-c1cc(C(C)(C)C)cc(n1)CC2.[Pt+2]. The van der Waals surface area contributed by atoms with Gasteiger partial charge in [-0.3, -0.25) is 4.68 Å². The molecule has 0 aliphatic carbocycles. The van der Waals surface area contributed by atoms with Crippen LogP contribution >= 0.6 is 0 Å². The molecule has 1 aliphatic rings. The second-order valence-electron chi connectivity index (χ2n) is 15.5. The second kappa shape index (κ2) is 14.5. The predicted octanol–water partition coefficient (Wildman–Crippen LogP) is 11.4. The van der Waals surface area contributed by atoms with Gasteiger partial charge in [0.05, 0.1) is 5.69 Å². The van der Waals surface area contributed by atoms with E-state index < -0.39 is 0 Å². The molecule has 0 saturated carbocycles. The Kier molecular flexibility index (Phi) is 10.0. The number of fused-ring (bicyclic) bond motifs is 12. The fourth-order valence-corrected chi connectivity index (χ4v) is 7.40. The number of ether oxygens (including phenoxy) is 1. The van der Waals surface area contributed by atoms with Crippen LogP contribution in [-0.2, 0) is 52.2 Å². The number of hydrogen-bond donors (Lipinski definition) is 0. The molecule has 0 unspecified atom stereocenters. The van der Waals surface area contributed by atoms with Crippen molar-refractivity contribution in [1.82, 2.24) is 19.3 Å². The third-order valence-electron chi connectivity index (χ3n) is 10.1. The molecule has 0 fully saturated rings. The minimum Gasteiger partial charge on any atom is -0.509 e. The van der Waals surface area contributed by atoms with Gasteiger partial charge in [0.25, 0.3) is 0 Å². The summed E-state index contributed by atoms with van der Waals surface area (Å²) in [7, 11) is 0. The fourth-order valence-electron chi connectivity index (χ4n) is 7.40. The molecule has 5 nitrogen and oxygen atoms in total. The van der Waals surface area contributed by atoms with E-state index in [1.165, 1.54) is 33.3 Å². The molecule has 4 heterocycles. The zero-order valence-electron chi connectivity index (χ0n) is 31.0. The van der Waals surface area contributed by atoms with E-state index >= 15 is 0 Å². The predicted molar refractivity (Wildman–Crippen MR) is 209 cm³/mol. The number of pyridine rings is 1. The van der Waals surface area contributed by atoms with E-state index in [1.807, 2.05) is 18.2 Å². The summed E-state index contributed by atoms with van der Waals surface area (Å²) in [6.07, 6.45) is 5.63. The van der Waals surface area contributed by atoms with Crippen LogP contribution in [-0.4, -0.2) is 19.3 Å². The average Bonchev–Trinajstić information content (AvgIpc) is 3.64. The van der Waals surface area contributed by atoms with Gasteiger partial charge in [-0.2, -0.15) is 17.2 Å². The van der Waals surface area contributed by atoms with Crippen molar-refractivity contribution in [2.45, 2.75) is 85.5 Å². The Morgan fingerprint density at radius 3 is 2.40 bits per heavy atom. The van der Waals surface area contributed by atoms with Crippen LogP contribution in [0.2, 0.25) is 0 Å². The maximum Gasteiger partial charge on any atom is 2.00 e. The number of rotatable bonds is 6. The van der Waals surface area contributed by atoms with E-state index in [0.29, 0.717) is 17.4 Å². The van der Waals surface area contributed by atoms with Gasteiger partial charge in [-0.1, -0.05) is 95.9 Å². The zero-order valence-corrected chi connectivity index (χ0v) is 33.3. The molecule has 8 rings (SSSR count). The van der Waals surface area contributed by atoms with Crippen LogP contribution in [0.15, 0.2) is 91.0 Å². The minimum absolute atomic E-state index is 0. The standard InChI is InChI=1S/C46H46N4O.Pt/c1-7-12-42-45(32-13-9-8-10-14-32)40-23-20-34-26-33(46(4,5)6)27-44(47-34)49-41-24-19-31(18-17-30(2)3)25-39(41)38-22-21-37(29-43(38)49)51-36-16-11-15-35(28-36)50(42)48-40;/h8-11,13-16,19,21-22,24-27,30H,7,12,17-18,20,23H2,1-6H3;/q-2;+2. The molecule has 0 atom stereocenters. The molecular formula is C46H46N4OPt. The largest absolute Gasteiger partial charge is 2.00 e. The van der Waals surface area contributed by atoms with Crippen molar-refractivity contribution in [2.24, 2.45) is 5.92 Å². The van der Waals surface area contributed by atoms with Crippen LogP contribution in [0.3, 0.4) is 0 Å². The third-order valence-corrected chi connectivity index (χ3v) is 10.1. The molecule has 0 spiro atoms. The van der Waals surface area contributed by atoms with Gasteiger partial charge >= 0.3 is 21.1 Å². The first kappa shape index (κ1) is 35.9. The smallest absolute Gasteiger partial charge is 0.509 e. The van der Waals surface area contributed by atoms with Crippen molar-refractivity contribution in [3.63, 3.8) is 0 Å². The van der Waals surface area contributed by atoms with Crippen molar-refractivity contribution >= 4 is 21.8 Å². The summed E-state index contributed by atoms with van der Waals surface area (Å²) in [4.78, 5) is 5.43. The van der Waals surface area contributed by atoms with Crippen molar-refractivity contribution in [2.75, 3.05) is 0 Å². The van der Waals surface area contributed by atoms with Gasteiger partial charge in [0.1, 0.15) is 5.82 Å². The molecule has 6 heteroatoms. The minimum atomic E-state index is -0.0718. The second-order valence-corrected chi connectivity index (χ2v) is 15.5. The summed E-state index contributed by atoms with van der Waals surface area (Å²) in [5.74, 6) is 2.82. The van der Waals surface area contributed by atoms with E-state index in [9.17, 15) is 0 Å². The van der Waals surface area contributed by atoms with Crippen LogP contribution in [0.4, 0.5) is 0 Å². The van der Waals surface area contributed by atoms with Gasteiger partial charge in [0, 0.05) is 34.0 Å². The molecule has 266 valence electrons. The third kappa shape index (κ3) is 6.88. The average molecular weight is 866 g/mol. The number of hydrogen-bond acceptors (Lipinski definition) is 3. The van der Waals surface area contributed by atoms with Crippen LogP contribution in [0.25, 0.3) is 44.4 Å². The Labute approximate surface area is 322 Å². The molecule has 0 radical (unpaired) electrons. The Balaban J connectivity index is 0.00000420. The Bertz CT molecular complexity index is 2380. The molecule has 0 N–H and O–H groups in total. The maximum atomic E-state index is 6.58. The number of aromatic nitrogens is 4. The summed E-state index contributed by atoms with van der Waals surface area (Å²) < 4.78 is 11.0. The van der Waals surface area contributed by atoms with Gasteiger partial charge in [-0.15, -0.1) is 35.7 Å². The number of benzene rings is 4. The van der Waals surface area contributed by atoms with Gasteiger partial charge in [-0.05, 0) is 89.4 Å². The molecule has 4 aromatic carbocycles. The van der Waals surface area contributed by atoms with E-state index in [-0.39, 0.29) is 26.5 Å². The molecule has 8 bridgehead atoms. The van der Waals surface area contributed by atoms with Crippen LogP contribution in [0, 0.1) is 18.1 Å². The Hall–Kier alpha value is -4.47. The van der Waals surface area contributed by atoms with Crippen LogP contribution < -0.4 is 4.74 Å². The Morgan fingerprint density at radius 2 is 1.63 bits per heavy atom. The molecule has 3 aromatic heterocycles. The van der Waals surface area contributed by atoms with E-state index in [1.54, 1.807) is 0 Å². The summed E-state index contributed by atoms with van der Waals surface area (Å²) in [5.41, 5.74) is 11.2. The summed E-state index contributed by atoms with van der Waals surface area (Å²) in [5, 5.41) is 7.69. The maximum absolute atomic E-state index is 6.58. The van der Waals surface area contributed by atoms with E-state index in [2.05, 4.69) is 136 Å². The number of nitrogens with zero attached hydrogens (tertiary/aromatic N) is 4. The van der Waals surface area contributed by atoms with Gasteiger partial charge in [-0.25, -0.2) is 4.98 Å². The molecule has 1 aliphatic heterocycles. The zero-order chi connectivity index (χ0) is 35.3. The number of aryl methyl sites for hydroxylation is 3. The van der Waals surface area contributed by atoms with Gasteiger partial charge < -0.3 is 9.30 Å². The van der Waals surface area contributed by atoms with Crippen molar-refractivity contribution in [3.8, 4) is 34.1 Å². The normalized spacial score (nSPS) is 12.8. The molecule has 0 amide bonds. The molecule has 52 heavy (non-hydrogen) atoms. The summed E-state index contributed by atoms with van der Waals surface area (Å²) in [6.45, 7) is 13.7. The topological polar surface area (TPSA) is 44.9 Å². The van der Waals surface area contributed by atoms with E-state index in [4.69, 9.17) is 14.8 Å². The van der Waals surface area contributed by atoms with Crippen molar-refractivity contribution in [1.29, 1.82) is 0 Å². The van der Waals surface area contributed by atoms with Crippen molar-refractivity contribution < 1.29 is 25.8 Å². The summed E-state index contributed by atoms with van der Waals surface area (Å²) >= 11 is 0. The van der Waals surface area contributed by atoms with Crippen LogP contribution in [0.5, 0.6) is 11.5 Å². The Morgan fingerprint density at radius 1 is 0.827 bits per heavy atom. The molecule has 7 aromatic rings. The van der Waals surface area contributed by atoms with Gasteiger partial charge in [0.15, 0.2) is 0 Å². The quantitative estimate of drug-likeness (QED) is 0.156. The molecular weight excluding hydrogens is 820 g/mol. The molecule has 0 saturated heterocycles. The first-order valence-corrected chi connectivity index (χ1v) is 18.5. The van der Waals surface area contributed by atoms with E-state index in [0.717, 1.165) is 77.8 Å². The van der Waals surface area contributed by atoms with Crippen molar-refractivity contribution in [3.05, 3.63) is 131 Å².